The molecule has 168 valence electrons. The third-order valence-electron chi connectivity index (χ3n) is 6.20. The molecule has 3 aromatic carbocycles. The van der Waals surface area contributed by atoms with Crippen LogP contribution in [0.15, 0.2) is 77.6 Å². The molecule has 0 bridgehead atoms. The Morgan fingerprint density at radius 2 is 1.58 bits per heavy atom. The second-order valence-electron chi connectivity index (χ2n) is 8.25. The van der Waals surface area contributed by atoms with Gasteiger partial charge in [-0.25, -0.2) is 0 Å². The van der Waals surface area contributed by atoms with E-state index in [4.69, 9.17) is 32.7 Å². The molecule has 0 saturated carbocycles. The van der Waals surface area contributed by atoms with E-state index < -0.39 is 5.79 Å². The number of fused-ring (bicyclic) bond motifs is 1. The third-order valence-corrected chi connectivity index (χ3v) is 6.69. The number of aromatic nitrogens is 1. The van der Waals surface area contributed by atoms with Crippen LogP contribution in [-0.4, -0.2) is 17.8 Å². The van der Waals surface area contributed by atoms with Gasteiger partial charge in [-0.3, -0.25) is 4.79 Å². The predicted octanol–water partition coefficient (Wildman–Crippen LogP) is 5.88. The van der Waals surface area contributed by atoms with Crippen LogP contribution < -0.4 is 5.56 Å². The first kappa shape index (κ1) is 22.2. The summed E-state index contributed by atoms with van der Waals surface area (Å²) in [5, 5.41) is 2.37. The maximum atomic E-state index is 12.7. The molecule has 1 fully saturated rings. The van der Waals surface area contributed by atoms with Crippen molar-refractivity contribution < 1.29 is 9.47 Å². The summed E-state index contributed by atoms with van der Waals surface area (Å²) in [6, 6.07) is 23.1. The molecule has 1 aliphatic rings. The van der Waals surface area contributed by atoms with Crippen LogP contribution in [0.2, 0.25) is 10.0 Å². The number of benzene rings is 3. The minimum atomic E-state index is -1.00. The number of nitrogens with zero attached hydrogens (tertiary/aromatic N) is 1. The monoisotopic (exact) mass is 479 g/mol. The van der Waals surface area contributed by atoms with E-state index in [1.165, 1.54) is 0 Å². The van der Waals surface area contributed by atoms with Gasteiger partial charge >= 0.3 is 0 Å². The van der Waals surface area contributed by atoms with Gasteiger partial charge in [-0.1, -0.05) is 53.5 Å². The van der Waals surface area contributed by atoms with Gasteiger partial charge in [0.15, 0.2) is 0 Å². The lowest BCUT2D eigenvalue weighted by Crippen LogP contribution is -2.29. The molecule has 2 heterocycles. The summed E-state index contributed by atoms with van der Waals surface area (Å²) in [7, 11) is 1.79. The molecule has 1 saturated heterocycles. The molecule has 0 spiro atoms. The molecule has 0 N–H and O–H groups in total. The lowest BCUT2D eigenvalue weighted by molar-refractivity contribution is -0.129. The van der Waals surface area contributed by atoms with E-state index in [1.807, 2.05) is 54.6 Å². The van der Waals surface area contributed by atoms with Crippen molar-refractivity contribution in [1.82, 2.24) is 4.57 Å². The third kappa shape index (κ3) is 4.20. The smallest absolute Gasteiger partial charge is 0.251 e. The fourth-order valence-electron chi connectivity index (χ4n) is 4.49. The summed E-state index contributed by atoms with van der Waals surface area (Å²) >= 11 is 12.3. The SMILES string of the molecule is Cn1c(=O)cc(CCc2cccc(Cl)c2)c2cc(C3(c4ccc(Cl)cc4)OCCO3)ccc21. The fraction of sp³-hybridized carbons (Fsp3) is 0.222. The molecule has 0 aliphatic carbocycles. The van der Waals surface area contributed by atoms with Gasteiger partial charge in [0.1, 0.15) is 0 Å². The molecule has 33 heavy (non-hydrogen) atoms. The van der Waals surface area contributed by atoms with Crippen LogP contribution in [0.25, 0.3) is 10.9 Å². The number of rotatable bonds is 5. The van der Waals surface area contributed by atoms with Crippen molar-refractivity contribution in [1.29, 1.82) is 0 Å². The zero-order valence-corrected chi connectivity index (χ0v) is 19.7. The highest BCUT2D eigenvalue weighted by atomic mass is 35.5. The molecule has 0 unspecified atom stereocenters. The Morgan fingerprint density at radius 1 is 0.848 bits per heavy atom. The molecule has 0 amide bonds. The average molecular weight is 480 g/mol. The van der Waals surface area contributed by atoms with E-state index in [2.05, 4.69) is 12.1 Å². The first-order chi connectivity index (χ1) is 16.0. The molecule has 1 aliphatic heterocycles. The lowest BCUT2D eigenvalue weighted by Gasteiger charge is -2.29. The Bertz CT molecular complexity index is 1370. The molecule has 5 rings (SSSR count). The number of halogens is 2. The van der Waals surface area contributed by atoms with Gasteiger partial charge in [0.2, 0.25) is 5.79 Å². The Balaban J connectivity index is 1.61. The summed E-state index contributed by atoms with van der Waals surface area (Å²) in [5.74, 6) is -1.00. The van der Waals surface area contributed by atoms with Crippen molar-refractivity contribution in [2.75, 3.05) is 13.2 Å². The standard InChI is InChI=1S/C27H23Cl2NO3/c1-30-25-12-9-21(27(32-13-14-33-27)20-7-10-22(28)11-8-20)17-24(25)19(16-26(30)31)6-5-18-3-2-4-23(29)15-18/h2-4,7-12,15-17H,5-6,13-14H2,1H3. The number of hydrogen-bond donors (Lipinski definition) is 0. The van der Waals surface area contributed by atoms with Crippen LogP contribution >= 0.6 is 23.2 Å². The first-order valence-electron chi connectivity index (χ1n) is 10.9. The van der Waals surface area contributed by atoms with Crippen molar-refractivity contribution in [2.24, 2.45) is 7.05 Å². The molecule has 6 heteroatoms. The highest BCUT2D eigenvalue weighted by Gasteiger charge is 2.40. The van der Waals surface area contributed by atoms with Crippen molar-refractivity contribution in [2.45, 2.75) is 18.6 Å². The Morgan fingerprint density at radius 3 is 2.30 bits per heavy atom. The van der Waals surface area contributed by atoms with Crippen LogP contribution in [0.3, 0.4) is 0 Å². The molecule has 0 atom stereocenters. The predicted molar refractivity (Wildman–Crippen MR) is 132 cm³/mol. The second kappa shape index (κ2) is 8.96. The van der Waals surface area contributed by atoms with Crippen molar-refractivity contribution in [3.05, 3.63) is 115 Å². The van der Waals surface area contributed by atoms with E-state index in [9.17, 15) is 4.79 Å². The van der Waals surface area contributed by atoms with E-state index >= 15 is 0 Å². The van der Waals surface area contributed by atoms with Gasteiger partial charge < -0.3 is 14.0 Å². The van der Waals surface area contributed by atoms with E-state index in [1.54, 1.807) is 17.7 Å². The van der Waals surface area contributed by atoms with Crippen molar-refractivity contribution in [3.8, 4) is 0 Å². The van der Waals surface area contributed by atoms with E-state index in [0.717, 1.165) is 39.6 Å². The van der Waals surface area contributed by atoms with Crippen LogP contribution in [0.5, 0.6) is 0 Å². The maximum Gasteiger partial charge on any atom is 0.251 e. The van der Waals surface area contributed by atoms with Gasteiger partial charge in [0, 0.05) is 39.7 Å². The van der Waals surface area contributed by atoms with Gasteiger partial charge in [-0.05, 0) is 60.4 Å². The topological polar surface area (TPSA) is 40.5 Å². The van der Waals surface area contributed by atoms with Crippen LogP contribution in [0.4, 0.5) is 0 Å². The summed E-state index contributed by atoms with van der Waals surface area (Å²) in [6.07, 6.45) is 1.49. The molecule has 1 aromatic heterocycles. The summed E-state index contributed by atoms with van der Waals surface area (Å²) < 4.78 is 14.1. The maximum absolute atomic E-state index is 12.7. The zero-order valence-electron chi connectivity index (χ0n) is 18.2. The first-order valence-corrected chi connectivity index (χ1v) is 11.6. The van der Waals surface area contributed by atoms with Gasteiger partial charge in [-0.15, -0.1) is 0 Å². The average Bonchev–Trinajstić information content (AvgIpc) is 3.32. The number of hydrogen-bond acceptors (Lipinski definition) is 3. The molecular weight excluding hydrogens is 457 g/mol. The normalized spacial score (nSPS) is 15.2. The molecule has 4 nitrogen and oxygen atoms in total. The zero-order chi connectivity index (χ0) is 23.0. The Labute approximate surface area is 202 Å². The number of pyridine rings is 1. The minimum Gasteiger partial charge on any atom is -0.340 e. The molecular formula is C27H23Cl2NO3. The Hall–Kier alpha value is -2.63. The largest absolute Gasteiger partial charge is 0.340 e. The van der Waals surface area contributed by atoms with E-state index in [-0.39, 0.29) is 5.56 Å². The summed E-state index contributed by atoms with van der Waals surface area (Å²) in [5.41, 5.74) is 4.73. The van der Waals surface area contributed by atoms with Gasteiger partial charge in [0.05, 0.1) is 18.7 Å². The summed E-state index contributed by atoms with van der Waals surface area (Å²) in [4.78, 5) is 12.7. The number of aryl methyl sites for hydroxylation is 3. The minimum absolute atomic E-state index is 0.0304. The highest BCUT2D eigenvalue weighted by molar-refractivity contribution is 6.30. The van der Waals surface area contributed by atoms with Crippen LogP contribution in [-0.2, 0) is 35.2 Å². The van der Waals surface area contributed by atoms with Crippen molar-refractivity contribution >= 4 is 34.1 Å². The fourth-order valence-corrected chi connectivity index (χ4v) is 4.83. The van der Waals surface area contributed by atoms with Crippen LogP contribution in [0.1, 0.15) is 22.3 Å². The molecule has 4 aromatic rings. The molecule has 0 radical (unpaired) electrons. The highest BCUT2D eigenvalue weighted by Crippen LogP contribution is 2.40. The van der Waals surface area contributed by atoms with Crippen molar-refractivity contribution in [3.63, 3.8) is 0 Å². The van der Waals surface area contributed by atoms with Crippen LogP contribution in [0, 0.1) is 0 Å². The van der Waals surface area contributed by atoms with E-state index in [0.29, 0.717) is 29.7 Å². The second-order valence-corrected chi connectivity index (χ2v) is 9.12. The number of ether oxygens (including phenoxy) is 2. The quantitative estimate of drug-likeness (QED) is 0.358. The summed E-state index contributed by atoms with van der Waals surface area (Å²) in [6.45, 7) is 0.991. The van der Waals surface area contributed by atoms with Gasteiger partial charge in [0.25, 0.3) is 5.56 Å². The lowest BCUT2D eigenvalue weighted by atomic mass is 9.93. The van der Waals surface area contributed by atoms with Gasteiger partial charge in [-0.2, -0.15) is 0 Å². The Kier molecular flexibility index (Phi) is 6.02.